The third-order valence-electron chi connectivity index (χ3n) is 3.04. The lowest BCUT2D eigenvalue weighted by atomic mass is 10.1. The van der Waals surface area contributed by atoms with Gasteiger partial charge in [-0.25, -0.2) is 0 Å². The van der Waals surface area contributed by atoms with Crippen molar-refractivity contribution < 1.29 is 22.7 Å². The lowest BCUT2D eigenvalue weighted by molar-refractivity contribution is -0.274. The molecule has 0 aromatic heterocycles. The summed E-state index contributed by atoms with van der Waals surface area (Å²) in [6.45, 7) is 0. The highest BCUT2D eigenvalue weighted by molar-refractivity contribution is 7.80. The first-order valence-corrected chi connectivity index (χ1v) is 6.63. The largest absolute Gasteiger partial charge is 0.573 e. The Kier molecular flexibility index (Phi) is 4.36. The standard InChI is InChI=1S/C13H13F3N2O2S/c14-13(15,16)20-9-5-3-8(4-6-9)12(19)18-10(11(17)21)7-1-2-7/h3-7,10H,1-2H2,(H2,17,21)(H,18,19). The van der Waals surface area contributed by atoms with Gasteiger partial charge in [0.2, 0.25) is 0 Å². The highest BCUT2D eigenvalue weighted by Gasteiger charge is 2.34. The van der Waals surface area contributed by atoms with Crippen LogP contribution in [0.4, 0.5) is 13.2 Å². The molecule has 1 amide bonds. The monoisotopic (exact) mass is 318 g/mol. The van der Waals surface area contributed by atoms with Gasteiger partial charge in [0.1, 0.15) is 5.75 Å². The first-order chi connectivity index (χ1) is 9.76. The molecule has 0 spiro atoms. The van der Waals surface area contributed by atoms with Crippen molar-refractivity contribution in [2.24, 2.45) is 11.7 Å². The number of alkyl halides is 3. The number of rotatable bonds is 5. The van der Waals surface area contributed by atoms with Gasteiger partial charge in [-0.1, -0.05) is 12.2 Å². The summed E-state index contributed by atoms with van der Waals surface area (Å²) in [6, 6.07) is 4.28. The molecular weight excluding hydrogens is 305 g/mol. The molecule has 1 aliphatic carbocycles. The maximum Gasteiger partial charge on any atom is 0.573 e. The molecule has 8 heteroatoms. The lowest BCUT2D eigenvalue weighted by Gasteiger charge is -2.17. The minimum atomic E-state index is -4.76. The van der Waals surface area contributed by atoms with Crippen LogP contribution in [-0.4, -0.2) is 23.3 Å². The summed E-state index contributed by atoms with van der Waals surface area (Å²) in [5.74, 6) is -0.565. The van der Waals surface area contributed by atoms with Crippen LogP contribution in [0.5, 0.6) is 5.75 Å². The van der Waals surface area contributed by atoms with E-state index < -0.39 is 12.3 Å². The molecule has 2 rings (SSSR count). The zero-order valence-corrected chi connectivity index (χ0v) is 11.6. The summed E-state index contributed by atoms with van der Waals surface area (Å²) < 4.78 is 39.8. The molecular formula is C13H13F3N2O2S. The number of benzene rings is 1. The molecule has 1 fully saturated rings. The number of hydrogen-bond donors (Lipinski definition) is 2. The van der Waals surface area contributed by atoms with Crippen LogP contribution in [0.1, 0.15) is 23.2 Å². The quantitative estimate of drug-likeness (QED) is 0.818. The second kappa shape index (κ2) is 5.88. The fourth-order valence-corrected chi connectivity index (χ4v) is 2.13. The van der Waals surface area contributed by atoms with Gasteiger partial charge in [0.15, 0.2) is 0 Å². The smallest absolute Gasteiger partial charge is 0.406 e. The van der Waals surface area contributed by atoms with Gasteiger partial charge in [0.25, 0.3) is 5.91 Å². The average molecular weight is 318 g/mol. The Morgan fingerprint density at radius 2 is 1.90 bits per heavy atom. The first-order valence-electron chi connectivity index (χ1n) is 6.22. The topological polar surface area (TPSA) is 64.3 Å². The summed E-state index contributed by atoms with van der Waals surface area (Å²) in [6.07, 6.45) is -2.87. The van der Waals surface area contributed by atoms with Crippen LogP contribution in [0.25, 0.3) is 0 Å². The van der Waals surface area contributed by atoms with E-state index >= 15 is 0 Å². The summed E-state index contributed by atoms with van der Waals surface area (Å²) in [5.41, 5.74) is 5.78. The van der Waals surface area contributed by atoms with Crippen LogP contribution in [0.2, 0.25) is 0 Å². The second-order valence-corrected chi connectivity index (χ2v) is 5.23. The van der Waals surface area contributed by atoms with Crippen LogP contribution >= 0.6 is 12.2 Å². The summed E-state index contributed by atoms with van der Waals surface area (Å²) in [5, 5.41) is 2.69. The normalized spacial score (nSPS) is 16.1. The number of nitrogens with one attached hydrogen (secondary N) is 1. The average Bonchev–Trinajstić information content (AvgIpc) is 3.18. The van der Waals surface area contributed by atoms with Crippen LogP contribution < -0.4 is 15.8 Å². The van der Waals surface area contributed by atoms with E-state index in [1.54, 1.807) is 0 Å². The predicted octanol–water partition coefficient (Wildman–Crippen LogP) is 2.38. The Hall–Kier alpha value is -1.83. The van der Waals surface area contributed by atoms with E-state index in [1.807, 2.05) is 0 Å². The van der Waals surface area contributed by atoms with Gasteiger partial charge in [0, 0.05) is 5.56 Å². The summed E-state index contributed by atoms with van der Waals surface area (Å²) in [4.78, 5) is 12.2. The van der Waals surface area contributed by atoms with E-state index in [-0.39, 0.29) is 28.3 Å². The molecule has 0 saturated heterocycles. The summed E-state index contributed by atoms with van der Waals surface area (Å²) in [7, 11) is 0. The van der Waals surface area contributed by atoms with Crippen molar-refractivity contribution in [1.29, 1.82) is 0 Å². The van der Waals surface area contributed by atoms with E-state index in [4.69, 9.17) is 18.0 Å². The second-order valence-electron chi connectivity index (χ2n) is 4.76. The fraction of sp³-hybridized carbons (Fsp3) is 0.385. The van der Waals surface area contributed by atoms with Crippen molar-refractivity contribution in [3.05, 3.63) is 29.8 Å². The van der Waals surface area contributed by atoms with Crippen molar-refractivity contribution in [2.75, 3.05) is 0 Å². The van der Waals surface area contributed by atoms with Gasteiger partial charge in [-0.15, -0.1) is 13.2 Å². The molecule has 0 bridgehead atoms. The van der Waals surface area contributed by atoms with Crippen LogP contribution in [0, 0.1) is 5.92 Å². The summed E-state index contributed by atoms with van der Waals surface area (Å²) >= 11 is 4.90. The molecule has 0 heterocycles. The Balaban J connectivity index is 2.01. The molecule has 1 unspecified atom stereocenters. The van der Waals surface area contributed by atoms with Crippen molar-refractivity contribution in [3.8, 4) is 5.75 Å². The van der Waals surface area contributed by atoms with Crippen LogP contribution in [0.15, 0.2) is 24.3 Å². The molecule has 1 aromatic carbocycles. The number of amides is 1. The van der Waals surface area contributed by atoms with E-state index in [0.717, 1.165) is 25.0 Å². The minimum Gasteiger partial charge on any atom is -0.406 e. The Morgan fingerprint density at radius 1 is 1.33 bits per heavy atom. The zero-order chi connectivity index (χ0) is 15.6. The molecule has 21 heavy (non-hydrogen) atoms. The van der Waals surface area contributed by atoms with Gasteiger partial charge >= 0.3 is 6.36 Å². The third kappa shape index (κ3) is 4.59. The third-order valence-corrected chi connectivity index (χ3v) is 3.29. The van der Waals surface area contributed by atoms with E-state index in [1.165, 1.54) is 12.1 Å². The molecule has 0 aliphatic heterocycles. The molecule has 1 aromatic rings. The minimum absolute atomic E-state index is 0.211. The van der Waals surface area contributed by atoms with Crippen molar-refractivity contribution in [2.45, 2.75) is 25.2 Å². The molecule has 1 atom stereocenters. The maximum atomic E-state index is 12.0. The molecule has 3 N–H and O–H groups in total. The fourth-order valence-electron chi connectivity index (χ4n) is 1.88. The van der Waals surface area contributed by atoms with Gasteiger partial charge in [-0.3, -0.25) is 4.79 Å². The van der Waals surface area contributed by atoms with Gasteiger partial charge in [-0.2, -0.15) is 0 Å². The maximum absolute atomic E-state index is 12.0. The van der Waals surface area contributed by atoms with E-state index in [0.29, 0.717) is 0 Å². The lowest BCUT2D eigenvalue weighted by Crippen LogP contribution is -2.45. The van der Waals surface area contributed by atoms with Crippen molar-refractivity contribution in [1.82, 2.24) is 5.32 Å². The highest BCUT2D eigenvalue weighted by atomic mass is 32.1. The van der Waals surface area contributed by atoms with E-state index in [9.17, 15) is 18.0 Å². The Labute approximate surface area is 124 Å². The predicted molar refractivity (Wildman–Crippen MR) is 73.9 cm³/mol. The number of hydrogen-bond acceptors (Lipinski definition) is 3. The number of ether oxygens (including phenoxy) is 1. The first kappa shape index (κ1) is 15.6. The molecule has 1 aliphatic rings. The highest BCUT2D eigenvalue weighted by Crippen LogP contribution is 2.33. The van der Waals surface area contributed by atoms with Gasteiger partial charge in [-0.05, 0) is 43.0 Å². The van der Waals surface area contributed by atoms with Gasteiger partial charge in [0.05, 0.1) is 11.0 Å². The molecule has 114 valence electrons. The SMILES string of the molecule is NC(=S)C(NC(=O)c1ccc(OC(F)(F)F)cc1)C1CC1. The number of thiocarbonyl (C=S) groups is 1. The zero-order valence-electron chi connectivity index (χ0n) is 10.8. The molecule has 4 nitrogen and oxygen atoms in total. The number of carbonyl (C=O) groups excluding carboxylic acids is 1. The molecule has 1 saturated carbocycles. The Bertz CT molecular complexity index is 541. The van der Waals surface area contributed by atoms with Crippen molar-refractivity contribution in [3.63, 3.8) is 0 Å². The van der Waals surface area contributed by atoms with Crippen LogP contribution in [-0.2, 0) is 0 Å². The van der Waals surface area contributed by atoms with Crippen LogP contribution in [0.3, 0.4) is 0 Å². The number of carbonyl (C=O) groups is 1. The van der Waals surface area contributed by atoms with Gasteiger partial charge < -0.3 is 15.8 Å². The Morgan fingerprint density at radius 3 is 2.33 bits per heavy atom. The van der Waals surface area contributed by atoms with E-state index in [2.05, 4.69) is 10.1 Å². The van der Waals surface area contributed by atoms with Crippen molar-refractivity contribution >= 4 is 23.1 Å². The number of nitrogens with two attached hydrogens (primary N) is 1. The molecule has 0 radical (unpaired) electrons. The number of halogens is 3.